The molecule has 0 bridgehead atoms. The smallest absolute Gasteiger partial charge is 0.264 e. The molecule has 1 heterocycles. The van der Waals surface area contributed by atoms with Crippen molar-refractivity contribution in [1.29, 1.82) is 0 Å². The van der Waals surface area contributed by atoms with Gasteiger partial charge in [0.05, 0.1) is 18.9 Å². The molecular weight excluding hydrogens is 266 g/mol. The van der Waals surface area contributed by atoms with E-state index in [9.17, 15) is 4.79 Å². The molecular formula is C13H13NO4S. The van der Waals surface area contributed by atoms with E-state index in [0.29, 0.717) is 23.2 Å². The summed E-state index contributed by atoms with van der Waals surface area (Å²) in [4.78, 5) is 12.8. The Morgan fingerprint density at radius 1 is 1.42 bits per heavy atom. The summed E-state index contributed by atoms with van der Waals surface area (Å²) in [5.74, 6) is 0.618. The van der Waals surface area contributed by atoms with Crippen LogP contribution < -0.4 is 9.47 Å². The first-order valence-corrected chi connectivity index (χ1v) is 5.91. The largest absolute Gasteiger partial charge is 0.490 e. The molecule has 0 saturated carbocycles. The molecule has 0 fully saturated rings. The van der Waals surface area contributed by atoms with Gasteiger partial charge in [0.2, 0.25) is 5.75 Å². The Labute approximate surface area is 115 Å². The second kappa shape index (κ2) is 5.27. The number of furan rings is 1. The average Bonchev–Trinajstić information content (AvgIpc) is 2.85. The summed E-state index contributed by atoms with van der Waals surface area (Å²) >= 11 is 5.08. The molecule has 0 atom stereocenters. The third-order valence-electron chi connectivity index (χ3n) is 2.57. The maximum absolute atomic E-state index is 11.2. The van der Waals surface area contributed by atoms with E-state index >= 15 is 0 Å². The van der Waals surface area contributed by atoms with Crippen molar-refractivity contribution in [3.05, 3.63) is 24.0 Å². The van der Waals surface area contributed by atoms with E-state index in [0.717, 1.165) is 5.39 Å². The highest BCUT2D eigenvalue weighted by molar-refractivity contribution is 7.80. The molecule has 100 valence electrons. The lowest BCUT2D eigenvalue weighted by Gasteiger charge is -2.17. The number of rotatable bonds is 3. The second-order valence-corrected chi connectivity index (χ2v) is 4.40. The van der Waals surface area contributed by atoms with E-state index < -0.39 is 0 Å². The van der Waals surface area contributed by atoms with Crippen LogP contribution in [-0.4, -0.2) is 37.6 Å². The highest BCUT2D eigenvalue weighted by atomic mass is 32.1. The molecule has 1 aromatic heterocycles. The van der Waals surface area contributed by atoms with Crippen LogP contribution in [0.25, 0.3) is 11.0 Å². The van der Waals surface area contributed by atoms with Crippen molar-refractivity contribution in [2.24, 2.45) is 0 Å². The maximum atomic E-state index is 11.2. The van der Waals surface area contributed by atoms with Crippen LogP contribution >= 0.6 is 12.2 Å². The Balaban J connectivity index is 2.61. The van der Waals surface area contributed by atoms with Crippen LogP contribution in [0, 0.1) is 0 Å². The molecule has 0 amide bonds. The third kappa shape index (κ3) is 2.39. The summed E-state index contributed by atoms with van der Waals surface area (Å²) in [7, 11) is 4.99. The number of carbonyl (C=O) groups is 1. The Bertz CT molecular complexity index is 633. The lowest BCUT2D eigenvalue weighted by Crippen LogP contribution is -2.25. The van der Waals surface area contributed by atoms with Gasteiger partial charge in [0.1, 0.15) is 0 Å². The van der Waals surface area contributed by atoms with Gasteiger partial charge in [-0.15, -0.1) is 0 Å². The SMILES string of the molecule is COc1c(OC(=S)N(C)C)c(C=O)cc2ccoc12. The summed E-state index contributed by atoms with van der Waals surface area (Å²) in [6.07, 6.45) is 2.22. The number of thiocarbonyl (C=S) groups is 1. The lowest BCUT2D eigenvalue weighted by atomic mass is 10.1. The van der Waals surface area contributed by atoms with Crippen LogP contribution in [-0.2, 0) is 0 Å². The van der Waals surface area contributed by atoms with Crippen molar-refractivity contribution < 1.29 is 18.7 Å². The van der Waals surface area contributed by atoms with Crippen molar-refractivity contribution in [1.82, 2.24) is 4.90 Å². The van der Waals surface area contributed by atoms with Crippen LogP contribution in [0.3, 0.4) is 0 Å². The van der Waals surface area contributed by atoms with Crippen molar-refractivity contribution in [2.75, 3.05) is 21.2 Å². The number of hydrogen-bond acceptors (Lipinski definition) is 5. The molecule has 0 radical (unpaired) electrons. The molecule has 0 saturated heterocycles. The van der Waals surface area contributed by atoms with Crippen LogP contribution in [0.5, 0.6) is 11.5 Å². The molecule has 2 rings (SSSR count). The van der Waals surface area contributed by atoms with Gasteiger partial charge in [-0.05, 0) is 24.4 Å². The first-order valence-electron chi connectivity index (χ1n) is 5.51. The van der Waals surface area contributed by atoms with Crippen LogP contribution in [0.1, 0.15) is 10.4 Å². The number of hydrogen-bond donors (Lipinski definition) is 0. The minimum Gasteiger partial charge on any atom is -0.490 e. The minimum absolute atomic E-state index is 0.229. The predicted octanol–water partition coefficient (Wildman–Crippen LogP) is 2.48. The Hall–Kier alpha value is -2.08. The fraction of sp³-hybridized carbons (Fsp3) is 0.231. The van der Waals surface area contributed by atoms with E-state index in [1.165, 1.54) is 13.4 Å². The van der Waals surface area contributed by atoms with E-state index in [1.807, 2.05) is 0 Å². The van der Waals surface area contributed by atoms with E-state index in [1.54, 1.807) is 31.1 Å². The van der Waals surface area contributed by atoms with Crippen molar-refractivity contribution >= 4 is 34.6 Å². The van der Waals surface area contributed by atoms with Gasteiger partial charge in [-0.3, -0.25) is 4.79 Å². The predicted molar refractivity (Wildman–Crippen MR) is 75.1 cm³/mol. The Morgan fingerprint density at radius 2 is 2.16 bits per heavy atom. The summed E-state index contributed by atoms with van der Waals surface area (Å²) in [6.45, 7) is 0. The average molecular weight is 279 g/mol. The summed E-state index contributed by atoms with van der Waals surface area (Å²) < 4.78 is 16.2. The van der Waals surface area contributed by atoms with Crippen LogP contribution in [0.4, 0.5) is 0 Å². The molecule has 1 aromatic carbocycles. The highest BCUT2D eigenvalue weighted by Crippen LogP contribution is 2.39. The van der Waals surface area contributed by atoms with Gasteiger partial charge in [0.15, 0.2) is 17.6 Å². The summed E-state index contributed by atoms with van der Waals surface area (Å²) in [5, 5.41) is 0.995. The number of fused-ring (bicyclic) bond motifs is 1. The molecule has 0 aliphatic carbocycles. The molecule has 6 heteroatoms. The van der Waals surface area contributed by atoms with Crippen LogP contribution in [0.2, 0.25) is 0 Å². The van der Waals surface area contributed by atoms with E-state index in [4.69, 9.17) is 26.1 Å². The Kier molecular flexibility index (Phi) is 3.71. The first-order chi connectivity index (χ1) is 9.08. The second-order valence-electron chi connectivity index (χ2n) is 4.05. The van der Waals surface area contributed by atoms with Gasteiger partial charge in [-0.2, -0.15) is 0 Å². The minimum atomic E-state index is 0.229. The molecule has 19 heavy (non-hydrogen) atoms. The first kappa shape index (κ1) is 13.4. The molecule has 0 spiro atoms. The number of benzene rings is 1. The zero-order valence-electron chi connectivity index (χ0n) is 10.8. The summed E-state index contributed by atoms with van der Waals surface area (Å²) in [6, 6.07) is 3.42. The molecule has 0 aliphatic heterocycles. The van der Waals surface area contributed by atoms with Crippen molar-refractivity contribution in [3.8, 4) is 11.5 Å². The van der Waals surface area contributed by atoms with Gasteiger partial charge in [0.25, 0.3) is 5.17 Å². The molecule has 2 aromatic rings. The number of methoxy groups -OCH3 is 1. The lowest BCUT2D eigenvalue weighted by molar-refractivity contribution is 0.112. The Morgan fingerprint density at radius 3 is 2.74 bits per heavy atom. The number of ether oxygens (including phenoxy) is 2. The zero-order valence-corrected chi connectivity index (χ0v) is 11.6. The number of aldehydes is 1. The van der Waals surface area contributed by atoms with Crippen molar-refractivity contribution in [3.63, 3.8) is 0 Å². The normalized spacial score (nSPS) is 10.3. The van der Waals surface area contributed by atoms with Gasteiger partial charge in [-0.1, -0.05) is 0 Å². The van der Waals surface area contributed by atoms with Gasteiger partial charge in [-0.25, -0.2) is 0 Å². The van der Waals surface area contributed by atoms with Crippen molar-refractivity contribution in [2.45, 2.75) is 0 Å². The van der Waals surface area contributed by atoms with E-state index in [2.05, 4.69) is 0 Å². The van der Waals surface area contributed by atoms with Gasteiger partial charge < -0.3 is 18.8 Å². The fourth-order valence-corrected chi connectivity index (χ4v) is 1.72. The highest BCUT2D eigenvalue weighted by Gasteiger charge is 2.19. The fourth-order valence-electron chi connectivity index (χ4n) is 1.64. The number of nitrogens with zero attached hydrogens (tertiary/aromatic N) is 1. The molecule has 0 unspecified atom stereocenters. The molecule has 0 N–H and O–H groups in total. The van der Waals surface area contributed by atoms with Gasteiger partial charge in [0, 0.05) is 19.5 Å². The van der Waals surface area contributed by atoms with Gasteiger partial charge >= 0.3 is 0 Å². The molecule has 5 nitrogen and oxygen atoms in total. The number of carbonyl (C=O) groups excluding carboxylic acids is 1. The standard InChI is InChI=1S/C13H13NO4S/c1-14(2)13(19)18-11-9(7-15)6-8-4-5-17-10(8)12(11)16-3/h4-7H,1-3H3. The zero-order chi connectivity index (χ0) is 14.0. The topological polar surface area (TPSA) is 51.9 Å². The van der Waals surface area contributed by atoms with Crippen LogP contribution in [0.15, 0.2) is 22.8 Å². The molecule has 0 aliphatic rings. The third-order valence-corrected chi connectivity index (χ3v) is 3.02. The maximum Gasteiger partial charge on any atom is 0.264 e. The monoisotopic (exact) mass is 279 g/mol. The summed E-state index contributed by atoms with van der Waals surface area (Å²) in [5.41, 5.74) is 0.875. The van der Waals surface area contributed by atoms with E-state index in [-0.39, 0.29) is 10.9 Å². The quantitative estimate of drug-likeness (QED) is 0.635.